The molecule has 0 spiro atoms. The maximum Gasteiger partial charge on any atom is 0.251 e. The zero-order valence-electron chi connectivity index (χ0n) is 9.09. The number of fused-ring (bicyclic) bond motifs is 1. The standard InChI is InChI=1S/C13H10N2O2/c14-9-10-2-3-11-4-5-13(17)15(6-1-7-16)12(11)8-10/h2-5,7-8H,1,6H2. The molecule has 0 atom stereocenters. The van der Waals surface area contributed by atoms with Gasteiger partial charge < -0.3 is 9.36 Å². The van der Waals surface area contributed by atoms with Crippen LogP contribution in [0, 0.1) is 11.3 Å². The summed E-state index contributed by atoms with van der Waals surface area (Å²) in [6.45, 7) is 0.342. The molecule has 0 saturated heterocycles. The molecule has 0 aliphatic carbocycles. The number of aryl methyl sites for hydroxylation is 1. The van der Waals surface area contributed by atoms with Gasteiger partial charge in [-0.3, -0.25) is 4.79 Å². The Morgan fingerprint density at radius 1 is 1.29 bits per heavy atom. The molecule has 0 bridgehead atoms. The predicted octanol–water partition coefficient (Wildman–Crippen LogP) is 1.46. The van der Waals surface area contributed by atoms with E-state index in [0.29, 0.717) is 17.6 Å². The number of hydrogen-bond donors (Lipinski definition) is 0. The average Bonchev–Trinajstić information content (AvgIpc) is 2.37. The molecule has 4 nitrogen and oxygen atoms in total. The van der Waals surface area contributed by atoms with Gasteiger partial charge in [-0.1, -0.05) is 6.07 Å². The van der Waals surface area contributed by atoms with Crippen LogP contribution < -0.4 is 5.56 Å². The quantitative estimate of drug-likeness (QED) is 0.744. The van der Waals surface area contributed by atoms with Gasteiger partial charge in [-0.2, -0.15) is 5.26 Å². The average molecular weight is 226 g/mol. The highest BCUT2D eigenvalue weighted by Gasteiger charge is 2.03. The summed E-state index contributed by atoms with van der Waals surface area (Å²) in [5.41, 5.74) is 1.04. The van der Waals surface area contributed by atoms with E-state index in [1.807, 2.05) is 6.07 Å². The van der Waals surface area contributed by atoms with E-state index >= 15 is 0 Å². The first kappa shape index (κ1) is 11.1. The Morgan fingerprint density at radius 3 is 2.76 bits per heavy atom. The van der Waals surface area contributed by atoms with Gasteiger partial charge in [0.15, 0.2) is 0 Å². The first-order valence-corrected chi connectivity index (χ1v) is 5.23. The van der Waals surface area contributed by atoms with Crippen molar-refractivity contribution >= 4 is 17.2 Å². The van der Waals surface area contributed by atoms with Gasteiger partial charge in [0.25, 0.3) is 5.56 Å². The molecule has 17 heavy (non-hydrogen) atoms. The molecule has 2 aromatic rings. The molecule has 0 radical (unpaired) electrons. The Kier molecular flexibility index (Phi) is 3.01. The second-order valence-corrected chi connectivity index (χ2v) is 3.66. The topological polar surface area (TPSA) is 62.9 Å². The largest absolute Gasteiger partial charge is 0.308 e. The number of hydrogen-bond acceptors (Lipinski definition) is 3. The minimum Gasteiger partial charge on any atom is -0.308 e. The molecule has 0 saturated carbocycles. The van der Waals surface area contributed by atoms with Crippen molar-refractivity contribution in [1.82, 2.24) is 4.57 Å². The summed E-state index contributed by atoms with van der Waals surface area (Å²) in [5, 5.41) is 9.72. The Balaban J connectivity index is 2.69. The van der Waals surface area contributed by atoms with Crippen molar-refractivity contribution in [3.05, 3.63) is 46.2 Å². The Morgan fingerprint density at radius 2 is 2.06 bits per heavy atom. The highest BCUT2D eigenvalue weighted by Crippen LogP contribution is 2.14. The molecule has 2 rings (SSSR count). The number of aldehydes is 1. The van der Waals surface area contributed by atoms with Crippen molar-refractivity contribution in [2.75, 3.05) is 0 Å². The van der Waals surface area contributed by atoms with Crippen LogP contribution in [-0.2, 0) is 11.3 Å². The molecule has 1 heterocycles. The zero-order valence-corrected chi connectivity index (χ0v) is 9.09. The van der Waals surface area contributed by atoms with Crippen LogP contribution in [0.2, 0.25) is 0 Å². The van der Waals surface area contributed by atoms with Gasteiger partial charge in [-0.15, -0.1) is 0 Å². The van der Waals surface area contributed by atoms with Crippen molar-refractivity contribution < 1.29 is 4.79 Å². The monoisotopic (exact) mass is 226 g/mol. The fraction of sp³-hybridized carbons (Fsp3) is 0.154. The van der Waals surface area contributed by atoms with Crippen molar-refractivity contribution in [3.63, 3.8) is 0 Å². The molecule has 0 unspecified atom stereocenters. The zero-order chi connectivity index (χ0) is 12.3. The van der Waals surface area contributed by atoms with Gasteiger partial charge in [-0.25, -0.2) is 0 Å². The van der Waals surface area contributed by atoms with E-state index in [-0.39, 0.29) is 12.0 Å². The van der Waals surface area contributed by atoms with Gasteiger partial charge >= 0.3 is 0 Å². The van der Waals surface area contributed by atoms with E-state index < -0.39 is 0 Å². The van der Waals surface area contributed by atoms with Crippen molar-refractivity contribution in [3.8, 4) is 6.07 Å². The maximum atomic E-state index is 11.7. The molecule has 0 aliphatic heterocycles. The van der Waals surface area contributed by atoms with Crippen LogP contribution in [0.3, 0.4) is 0 Å². The lowest BCUT2D eigenvalue weighted by Gasteiger charge is -2.08. The third-order valence-corrected chi connectivity index (χ3v) is 2.59. The van der Waals surface area contributed by atoms with Gasteiger partial charge in [0.05, 0.1) is 17.1 Å². The fourth-order valence-corrected chi connectivity index (χ4v) is 1.77. The van der Waals surface area contributed by atoms with E-state index in [0.717, 1.165) is 11.7 Å². The number of nitrogens with zero attached hydrogens (tertiary/aromatic N) is 2. The number of carbonyl (C=O) groups excluding carboxylic acids is 1. The molecular formula is C13H10N2O2. The lowest BCUT2D eigenvalue weighted by molar-refractivity contribution is -0.108. The molecule has 1 aromatic heterocycles. The second-order valence-electron chi connectivity index (χ2n) is 3.66. The Labute approximate surface area is 97.7 Å². The van der Waals surface area contributed by atoms with Crippen LogP contribution in [0.5, 0.6) is 0 Å². The predicted molar refractivity (Wildman–Crippen MR) is 63.6 cm³/mol. The number of benzene rings is 1. The van der Waals surface area contributed by atoms with E-state index in [4.69, 9.17) is 5.26 Å². The minimum atomic E-state index is -0.158. The number of pyridine rings is 1. The molecule has 4 heteroatoms. The summed E-state index contributed by atoms with van der Waals surface area (Å²) >= 11 is 0. The molecule has 0 fully saturated rings. The summed E-state index contributed by atoms with van der Waals surface area (Å²) in [7, 11) is 0. The van der Waals surface area contributed by atoms with E-state index in [2.05, 4.69) is 0 Å². The minimum absolute atomic E-state index is 0.158. The fourth-order valence-electron chi connectivity index (χ4n) is 1.77. The molecule has 1 aromatic carbocycles. The normalized spacial score (nSPS) is 10.1. The smallest absolute Gasteiger partial charge is 0.251 e. The van der Waals surface area contributed by atoms with Gasteiger partial charge in [0.1, 0.15) is 6.29 Å². The third kappa shape index (κ3) is 2.08. The van der Waals surface area contributed by atoms with Gasteiger partial charge in [-0.05, 0) is 23.6 Å². The van der Waals surface area contributed by atoms with Crippen molar-refractivity contribution in [1.29, 1.82) is 5.26 Å². The van der Waals surface area contributed by atoms with Crippen LogP contribution in [0.25, 0.3) is 10.9 Å². The van der Waals surface area contributed by atoms with E-state index in [9.17, 15) is 9.59 Å². The lowest BCUT2D eigenvalue weighted by Crippen LogP contribution is -2.19. The molecular weight excluding hydrogens is 216 g/mol. The summed E-state index contributed by atoms with van der Waals surface area (Å²) in [5.74, 6) is 0. The summed E-state index contributed by atoms with van der Waals surface area (Å²) in [6.07, 6.45) is 1.06. The van der Waals surface area contributed by atoms with E-state index in [1.165, 1.54) is 10.6 Å². The highest BCUT2D eigenvalue weighted by molar-refractivity contribution is 5.80. The maximum absolute atomic E-state index is 11.7. The van der Waals surface area contributed by atoms with Gasteiger partial charge in [0, 0.05) is 19.0 Å². The lowest BCUT2D eigenvalue weighted by atomic mass is 10.1. The van der Waals surface area contributed by atoms with Crippen LogP contribution in [0.15, 0.2) is 35.1 Å². The van der Waals surface area contributed by atoms with Gasteiger partial charge in [0.2, 0.25) is 0 Å². The molecule has 0 aliphatic rings. The number of carbonyl (C=O) groups is 1. The summed E-state index contributed by atoms with van der Waals surface area (Å²) < 4.78 is 1.52. The van der Waals surface area contributed by atoms with Crippen molar-refractivity contribution in [2.45, 2.75) is 13.0 Å². The summed E-state index contributed by atoms with van der Waals surface area (Å²) in [6, 6.07) is 10.4. The second kappa shape index (κ2) is 4.62. The number of nitriles is 1. The van der Waals surface area contributed by atoms with Crippen LogP contribution in [-0.4, -0.2) is 10.9 Å². The van der Waals surface area contributed by atoms with Crippen LogP contribution >= 0.6 is 0 Å². The number of aromatic nitrogens is 1. The van der Waals surface area contributed by atoms with Crippen LogP contribution in [0.4, 0.5) is 0 Å². The first-order valence-electron chi connectivity index (χ1n) is 5.23. The molecule has 84 valence electrons. The Bertz CT molecular complexity index is 665. The Hall–Kier alpha value is -2.41. The number of rotatable bonds is 3. The first-order chi connectivity index (χ1) is 8.26. The summed E-state index contributed by atoms with van der Waals surface area (Å²) in [4.78, 5) is 22.1. The molecule has 0 N–H and O–H groups in total. The third-order valence-electron chi connectivity index (χ3n) is 2.59. The van der Waals surface area contributed by atoms with E-state index in [1.54, 1.807) is 24.3 Å². The van der Waals surface area contributed by atoms with Crippen molar-refractivity contribution in [2.24, 2.45) is 0 Å². The van der Waals surface area contributed by atoms with Crippen LogP contribution in [0.1, 0.15) is 12.0 Å². The SMILES string of the molecule is N#Cc1ccc2ccc(=O)n(CCC=O)c2c1. The molecule has 0 amide bonds. The highest BCUT2D eigenvalue weighted by atomic mass is 16.1.